The van der Waals surface area contributed by atoms with Crippen LogP contribution in [0.2, 0.25) is 0 Å². The maximum atomic E-state index is 10.1. The molecule has 0 heterocycles. The normalized spacial score (nSPS) is 11.5. The molecule has 0 spiro atoms. The van der Waals surface area contributed by atoms with Crippen LogP contribution in [0.25, 0.3) is 0 Å². The van der Waals surface area contributed by atoms with Gasteiger partial charge < -0.3 is 20.3 Å². The van der Waals surface area contributed by atoms with E-state index in [0.717, 1.165) is 0 Å². The first kappa shape index (κ1) is 14.7. The Morgan fingerprint density at radius 3 is 2.71 bits per heavy atom. The van der Waals surface area contributed by atoms with Gasteiger partial charge in [-0.05, 0) is 29.8 Å². The smallest absolute Gasteiger partial charge is 0.162 e. The molecular formula is C16H16N2O3. The summed E-state index contributed by atoms with van der Waals surface area (Å²) in [5.74, 6) is 0.924. The number of nitrogens with zero attached hydrogens (tertiary/aromatic N) is 1. The molecule has 3 N–H and O–H groups in total. The van der Waals surface area contributed by atoms with Crippen molar-refractivity contribution in [2.45, 2.75) is 6.10 Å². The van der Waals surface area contributed by atoms with E-state index in [1.54, 1.807) is 42.5 Å². The highest BCUT2D eigenvalue weighted by molar-refractivity contribution is 5.47. The van der Waals surface area contributed by atoms with E-state index in [9.17, 15) is 5.11 Å². The van der Waals surface area contributed by atoms with Gasteiger partial charge in [-0.2, -0.15) is 5.26 Å². The van der Waals surface area contributed by atoms with E-state index in [4.69, 9.17) is 20.5 Å². The highest BCUT2D eigenvalue weighted by atomic mass is 16.5. The van der Waals surface area contributed by atoms with Crippen LogP contribution in [0.3, 0.4) is 0 Å². The fraction of sp³-hybridized carbons (Fsp3) is 0.188. The number of anilines is 1. The second-order valence-corrected chi connectivity index (χ2v) is 4.47. The number of hydrogen-bond donors (Lipinski definition) is 2. The van der Waals surface area contributed by atoms with Crippen LogP contribution in [0.15, 0.2) is 42.5 Å². The van der Waals surface area contributed by atoms with Crippen molar-refractivity contribution in [3.8, 4) is 17.6 Å². The molecule has 21 heavy (non-hydrogen) atoms. The summed E-state index contributed by atoms with van der Waals surface area (Å²) in [6.45, 7) is 0.0612. The van der Waals surface area contributed by atoms with Gasteiger partial charge in [-0.15, -0.1) is 0 Å². The van der Waals surface area contributed by atoms with Gasteiger partial charge in [0.15, 0.2) is 11.5 Å². The van der Waals surface area contributed by atoms with Crippen molar-refractivity contribution in [3.63, 3.8) is 0 Å². The summed E-state index contributed by atoms with van der Waals surface area (Å²) in [6.07, 6.45) is -0.797. The van der Waals surface area contributed by atoms with Crippen LogP contribution >= 0.6 is 0 Å². The summed E-state index contributed by atoms with van der Waals surface area (Å²) >= 11 is 0. The Bertz CT molecular complexity index is 665. The molecule has 2 aromatic rings. The zero-order valence-corrected chi connectivity index (χ0v) is 11.6. The Morgan fingerprint density at radius 2 is 2.05 bits per heavy atom. The van der Waals surface area contributed by atoms with Crippen LogP contribution in [-0.2, 0) is 0 Å². The van der Waals surface area contributed by atoms with E-state index in [1.807, 2.05) is 6.07 Å². The van der Waals surface area contributed by atoms with E-state index >= 15 is 0 Å². The first-order chi connectivity index (χ1) is 10.1. The number of aliphatic hydroxyl groups is 1. The van der Waals surface area contributed by atoms with Crippen molar-refractivity contribution in [2.24, 2.45) is 0 Å². The van der Waals surface area contributed by atoms with E-state index in [1.165, 1.54) is 7.11 Å². The molecule has 5 nitrogen and oxygen atoms in total. The van der Waals surface area contributed by atoms with Crippen LogP contribution in [-0.4, -0.2) is 18.8 Å². The lowest BCUT2D eigenvalue weighted by molar-refractivity contribution is 0.106. The van der Waals surface area contributed by atoms with Crippen molar-refractivity contribution in [2.75, 3.05) is 19.5 Å². The van der Waals surface area contributed by atoms with E-state index in [0.29, 0.717) is 28.3 Å². The van der Waals surface area contributed by atoms with Crippen molar-refractivity contribution < 1.29 is 14.6 Å². The van der Waals surface area contributed by atoms with Crippen molar-refractivity contribution >= 4 is 5.69 Å². The fourth-order valence-corrected chi connectivity index (χ4v) is 1.89. The van der Waals surface area contributed by atoms with Crippen LogP contribution < -0.4 is 15.2 Å². The minimum Gasteiger partial charge on any atom is -0.493 e. The SMILES string of the molecule is COc1cc(C#N)ccc1OCC(O)c1cccc(N)c1. The van der Waals surface area contributed by atoms with Crippen LogP contribution in [0, 0.1) is 11.3 Å². The summed E-state index contributed by atoms with van der Waals surface area (Å²) in [7, 11) is 1.50. The third-order valence-corrected chi connectivity index (χ3v) is 2.98. The van der Waals surface area contributed by atoms with E-state index in [2.05, 4.69) is 0 Å². The molecular weight excluding hydrogens is 268 g/mol. The third-order valence-electron chi connectivity index (χ3n) is 2.98. The molecule has 2 aromatic carbocycles. The van der Waals surface area contributed by atoms with Gasteiger partial charge in [-0.25, -0.2) is 0 Å². The number of benzene rings is 2. The number of hydrogen-bond acceptors (Lipinski definition) is 5. The molecule has 1 atom stereocenters. The molecule has 0 saturated heterocycles. The lowest BCUT2D eigenvalue weighted by atomic mass is 10.1. The maximum absolute atomic E-state index is 10.1. The summed E-state index contributed by atoms with van der Waals surface area (Å²) in [4.78, 5) is 0. The third kappa shape index (κ3) is 3.65. The second kappa shape index (κ2) is 6.64. The van der Waals surface area contributed by atoms with Gasteiger partial charge in [0.25, 0.3) is 0 Å². The molecule has 0 amide bonds. The molecule has 108 valence electrons. The molecule has 0 aromatic heterocycles. The molecule has 0 bridgehead atoms. The van der Waals surface area contributed by atoms with E-state index < -0.39 is 6.10 Å². The Morgan fingerprint density at radius 1 is 1.24 bits per heavy atom. The molecule has 1 unspecified atom stereocenters. The summed E-state index contributed by atoms with van der Waals surface area (Å²) in [5.41, 5.74) is 7.43. The topological polar surface area (TPSA) is 88.5 Å². The average molecular weight is 284 g/mol. The predicted molar refractivity (Wildman–Crippen MR) is 79.0 cm³/mol. The van der Waals surface area contributed by atoms with Crippen molar-refractivity contribution in [3.05, 3.63) is 53.6 Å². The number of methoxy groups -OCH3 is 1. The van der Waals surface area contributed by atoms with Gasteiger partial charge in [0.05, 0.1) is 18.7 Å². The molecule has 0 aliphatic carbocycles. The van der Waals surface area contributed by atoms with Crippen LogP contribution in [0.4, 0.5) is 5.69 Å². The van der Waals surface area contributed by atoms with E-state index in [-0.39, 0.29) is 6.61 Å². The van der Waals surface area contributed by atoms with Gasteiger partial charge in [0.1, 0.15) is 12.7 Å². The van der Waals surface area contributed by atoms with Gasteiger partial charge in [-0.3, -0.25) is 0 Å². The van der Waals surface area contributed by atoms with Gasteiger partial charge in [0, 0.05) is 11.8 Å². The zero-order chi connectivity index (χ0) is 15.2. The Balaban J connectivity index is 2.08. The number of nitrogen functional groups attached to an aromatic ring is 1. The quantitative estimate of drug-likeness (QED) is 0.822. The lowest BCUT2D eigenvalue weighted by Gasteiger charge is -2.15. The summed E-state index contributed by atoms with van der Waals surface area (Å²) < 4.78 is 10.7. The summed E-state index contributed by atoms with van der Waals surface area (Å²) in [6, 6.07) is 13.9. The Labute approximate surface area is 123 Å². The first-order valence-electron chi connectivity index (χ1n) is 6.38. The van der Waals surface area contributed by atoms with Gasteiger partial charge >= 0.3 is 0 Å². The van der Waals surface area contributed by atoms with Gasteiger partial charge in [-0.1, -0.05) is 12.1 Å². The minimum absolute atomic E-state index is 0.0612. The number of nitrogens with two attached hydrogens (primary N) is 1. The van der Waals surface area contributed by atoms with Crippen molar-refractivity contribution in [1.82, 2.24) is 0 Å². The zero-order valence-electron chi connectivity index (χ0n) is 11.6. The minimum atomic E-state index is -0.797. The number of nitriles is 1. The molecule has 2 rings (SSSR count). The monoisotopic (exact) mass is 284 g/mol. The van der Waals surface area contributed by atoms with Gasteiger partial charge in [0.2, 0.25) is 0 Å². The predicted octanol–water partition coefficient (Wildman–Crippen LogP) is 2.26. The Hall–Kier alpha value is -2.71. The number of aliphatic hydroxyl groups excluding tert-OH is 1. The number of ether oxygens (including phenoxy) is 2. The second-order valence-electron chi connectivity index (χ2n) is 4.47. The first-order valence-corrected chi connectivity index (χ1v) is 6.38. The number of rotatable bonds is 5. The fourth-order valence-electron chi connectivity index (χ4n) is 1.89. The van der Waals surface area contributed by atoms with Crippen molar-refractivity contribution in [1.29, 1.82) is 5.26 Å². The average Bonchev–Trinajstić information content (AvgIpc) is 2.52. The highest BCUT2D eigenvalue weighted by Crippen LogP contribution is 2.29. The highest BCUT2D eigenvalue weighted by Gasteiger charge is 2.11. The molecule has 0 aliphatic heterocycles. The molecule has 0 aliphatic rings. The maximum Gasteiger partial charge on any atom is 0.162 e. The summed E-state index contributed by atoms with van der Waals surface area (Å²) in [5, 5.41) is 18.9. The Kier molecular flexibility index (Phi) is 4.64. The molecule has 0 saturated carbocycles. The largest absolute Gasteiger partial charge is 0.493 e. The van der Waals surface area contributed by atoms with Crippen LogP contribution in [0.1, 0.15) is 17.2 Å². The molecule has 5 heteroatoms. The lowest BCUT2D eigenvalue weighted by Crippen LogP contribution is -2.10. The molecule has 0 radical (unpaired) electrons. The standard InChI is InChI=1S/C16H16N2O3/c1-20-16-7-11(9-17)5-6-15(16)21-10-14(19)12-3-2-4-13(18)8-12/h2-8,14,19H,10,18H2,1H3. The molecule has 0 fully saturated rings. The van der Waals surface area contributed by atoms with Crippen LogP contribution in [0.5, 0.6) is 11.5 Å².